The summed E-state index contributed by atoms with van der Waals surface area (Å²) in [5.74, 6) is 1.03. The van der Waals surface area contributed by atoms with E-state index in [1.165, 1.54) is 0 Å². The molecule has 2 saturated heterocycles. The molecule has 0 radical (unpaired) electrons. The van der Waals surface area contributed by atoms with E-state index in [0.29, 0.717) is 32.6 Å². The molecule has 3 heterocycles. The lowest BCUT2D eigenvalue weighted by molar-refractivity contribution is -0.127. The number of piperazine rings is 1. The van der Waals surface area contributed by atoms with Gasteiger partial charge >= 0.3 is 6.03 Å². The smallest absolute Gasteiger partial charge is 0.317 e. The van der Waals surface area contributed by atoms with Gasteiger partial charge in [0, 0.05) is 51.1 Å². The number of anilines is 1. The van der Waals surface area contributed by atoms with Gasteiger partial charge in [-0.3, -0.25) is 4.79 Å². The van der Waals surface area contributed by atoms with Gasteiger partial charge in [-0.05, 0) is 19.1 Å². The Morgan fingerprint density at radius 1 is 1.19 bits per heavy atom. The molecule has 0 aliphatic carbocycles. The minimum Gasteiger partial charge on any atom is -0.352 e. The van der Waals surface area contributed by atoms with Gasteiger partial charge in [-0.25, -0.2) is 14.8 Å². The van der Waals surface area contributed by atoms with Gasteiger partial charge in [0.25, 0.3) is 0 Å². The fourth-order valence-electron chi connectivity index (χ4n) is 3.80. The van der Waals surface area contributed by atoms with E-state index in [4.69, 9.17) is 0 Å². The fourth-order valence-corrected chi connectivity index (χ4v) is 3.80. The molecule has 8 heteroatoms. The number of likely N-dealkylation sites (tertiary alicyclic amines) is 1. The molecule has 2 aliphatic heterocycles. The monoisotopic (exact) mass is 368 g/mol. The number of hydrogen-bond acceptors (Lipinski definition) is 5. The zero-order valence-electron chi connectivity index (χ0n) is 15.5. The number of nitrogens with zero attached hydrogens (tertiary/aromatic N) is 5. The third-order valence-electron chi connectivity index (χ3n) is 5.31. The molecule has 1 aromatic carbocycles. The Bertz CT molecular complexity index is 844. The number of rotatable bonds is 3. The molecule has 27 heavy (non-hydrogen) atoms. The number of amides is 3. The van der Waals surface area contributed by atoms with Crippen molar-refractivity contribution in [3.63, 3.8) is 0 Å². The van der Waals surface area contributed by atoms with Crippen LogP contribution >= 0.6 is 0 Å². The number of carbonyl (C=O) groups excluding carboxylic acids is 2. The van der Waals surface area contributed by atoms with Crippen molar-refractivity contribution in [2.24, 2.45) is 0 Å². The van der Waals surface area contributed by atoms with Crippen LogP contribution in [0.1, 0.15) is 13.3 Å². The van der Waals surface area contributed by atoms with E-state index in [0.717, 1.165) is 29.8 Å². The largest absolute Gasteiger partial charge is 0.352 e. The van der Waals surface area contributed by atoms with E-state index in [-0.39, 0.29) is 18.0 Å². The summed E-state index contributed by atoms with van der Waals surface area (Å²) in [5, 5.41) is 4.04. The molecule has 1 N–H and O–H groups in total. The molecule has 2 aliphatic rings. The molecule has 2 aromatic rings. The quantitative estimate of drug-likeness (QED) is 0.877. The predicted octanol–water partition coefficient (Wildman–Crippen LogP) is 1.08. The molecule has 3 amide bonds. The third-order valence-corrected chi connectivity index (χ3v) is 5.31. The van der Waals surface area contributed by atoms with Gasteiger partial charge in [-0.2, -0.15) is 0 Å². The minimum absolute atomic E-state index is 0.0852. The summed E-state index contributed by atoms with van der Waals surface area (Å²) in [6.07, 6.45) is 1.99. The lowest BCUT2D eigenvalue weighted by atomic mass is 10.2. The zero-order chi connectivity index (χ0) is 18.8. The first-order valence-corrected chi connectivity index (χ1v) is 9.43. The Morgan fingerprint density at radius 2 is 1.96 bits per heavy atom. The molecule has 1 unspecified atom stereocenters. The van der Waals surface area contributed by atoms with Crippen molar-refractivity contribution in [2.75, 3.05) is 44.2 Å². The van der Waals surface area contributed by atoms with Crippen molar-refractivity contribution in [3.8, 4) is 0 Å². The summed E-state index contributed by atoms with van der Waals surface area (Å²) in [5.41, 5.74) is 0.925. The summed E-state index contributed by atoms with van der Waals surface area (Å²) in [6.45, 7) is 5.95. The van der Waals surface area contributed by atoms with E-state index < -0.39 is 0 Å². The SMILES string of the molecule is CCN1CC(NC(=O)N2CCN(c3ncnc4ccccc34)CC2)CC1=O. The Hall–Kier alpha value is -2.90. The number of aromatic nitrogens is 2. The summed E-state index contributed by atoms with van der Waals surface area (Å²) in [4.78, 5) is 38.9. The summed E-state index contributed by atoms with van der Waals surface area (Å²) in [6, 6.07) is 7.79. The lowest BCUT2D eigenvalue weighted by Crippen LogP contribution is -2.54. The molecule has 0 spiro atoms. The van der Waals surface area contributed by atoms with E-state index in [9.17, 15) is 9.59 Å². The van der Waals surface area contributed by atoms with Crippen molar-refractivity contribution in [1.82, 2.24) is 25.1 Å². The van der Waals surface area contributed by atoms with Gasteiger partial charge in [0.15, 0.2) is 0 Å². The second-order valence-corrected chi connectivity index (χ2v) is 6.97. The van der Waals surface area contributed by atoms with Crippen molar-refractivity contribution in [2.45, 2.75) is 19.4 Å². The van der Waals surface area contributed by atoms with Crippen LogP contribution in [0.25, 0.3) is 10.9 Å². The van der Waals surface area contributed by atoms with Gasteiger partial charge in [0.1, 0.15) is 12.1 Å². The summed E-state index contributed by atoms with van der Waals surface area (Å²) >= 11 is 0. The van der Waals surface area contributed by atoms with E-state index in [1.54, 1.807) is 11.2 Å². The molecule has 0 saturated carbocycles. The first-order valence-electron chi connectivity index (χ1n) is 9.43. The van der Waals surface area contributed by atoms with Gasteiger partial charge in [0.05, 0.1) is 11.6 Å². The van der Waals surface area contributed by atoms with Crippen LogP contribution in [-0.2, 0) is 4.79 Å². The number of para-hydroxylation sites is 1. The standard InChI is InChI=1S/C19H24N6O2/c1-2-23-12-14(11-17(23)26)22-19(27)25-9-7-24(8-10-25)18-15-5-3-4-6-16(15)20-13-21-18/h3-6,13-14H,2,7-12H2,1H3,(H,22,27). The van der Waals surface area contributed by atoms with Crippen LogP contribution in [-0.4, -0.2) is 77.0 Å². The maximum absolute atomic E-state index is 12.6. The second kappa shape index (κ2) is 7.38. The van der Waals surface area contributed by atoms with Crippen molar-refractivity contribution in [3.05, 3.63) is 30.6 Å². The number of carbonyl (C=O) groups is 2. The van der Waals surface area contributed by atoms with Crippen LogP contribution in [0.3, 0.4) is 0 Å². The van der Waals surface area contributed by atoms with Crippen LogP contribution in [0.5, 0.6) is 0 Å². The van der Waals surface area contributed by atoms with E-state index >= 15 is 0 Å². The average Bonchev–Trinajstić information content (AvgIpc) is 3.06. The fraction of sp³-hybridized carbons (Fsp3) is 0.474. The van der Waals surface area contributed by atoms with Gasteiger partial charge in [0.2, 0.25) is 5.91 Å². The molecule has 1 atom stereocenters. The topological polar surface area (TPSA) is 81.7 Å². The normalized spacial score (nSPS) is 20.4. The Labute approximate surface area is 158 Å². The van der Waals surface area contributed by atoms with Crippen LogP contribution in [0.15, 0.2) is 30.6 Å². The second-order valence-electron chi connectivity index (χ2n) is 6.97. The number of likely N-dealkylation sites (N-methyl/N-ethyl adjacent to an activating group) is 1. The predicted molar refractivity (Wildman–Crippen MR) is 103 cm³/mol. The molecule has 1 aromatic heterocycles. The first kappa shape index (κ1) is 17.5. The Morgan fingerprint density at radius 3 is 2.70 bits per heavy atom. The Kier molecular flexibility index (Phi) is 4.79. The summed E-state index contributed by atoms with van der Waals surface area (Å²) in [7, 11) is 0. The number of benzene rings is 1. The van der Waals surface area contributed by atoms with Crippen LogP contribution in [0.4, 0.5) is 10.6 Å². The maximum Gasteiger partial charge on any atom is 0.317 e. The molecule has 0 bridgehead atoms. The Balaban J connectivity index is 1.36. The number of fused-ring (bicyclic) bond motifs is 1. The highest BCUT2D eigenvalue weighted by molar-refractivity contribution is 5.89. The van der Waals surface area contributed by atoms with Crippen molar-refractivity contribution >= 4 is 28.7 Å². The zero-order valence-corrected chi connectivity index (χ0v) is 15.5. The van der Waals surface area contributed by atoms with Gasteiger partial charge in [-0.1, -0.05) is 12.1 Å². The van der Waals surface area contributed by atoms with Crippen LogP contribution in [0.2, 0.25) is 0 Å². The van der Waals surface area contributed by atoms with Gasteiger partial charge in [-0.15, -0.1) is 0 Å². The highest BCUT2D eigenvalue weighted by atomic mass is 16.2. The van der Waals surface area contributed by atoms with E-state index in [1.807, 2.05) is 36.1 Å². The third kappa shape index (κ3) is 3.51. The van der Waals surface area contributed by atoms with Crippen molar-refractivity contribution in [1.29, 1.82) is 0 Å². The van der Waals surface area contributed by atoms with E-state index in [2.05, 4.69) is 20.2 Å². The molecular formula is C19H24N6O2. The average molecular weight is 368 g/mol. The highest BCUT2D eigenvalue weighted by Gasteiger charge is 2.31. The maximum atomic E-state index is 12.6. The first-order chi connectivity index (χ1) is 13.2. The molecule has 4 rings (SSSR count). The minimum atomic E-state index is -0.0891. The molecule has 142 valence electrons. The van der Waals surface area contributed by atoms with Crippen molar-refractivity contribution < 1.29 is 9.59 Å². The number of hydrogen-bond donors (Lipinski definition) is 1. The van der Waals surface area contributed by atoms with Crippen LogP contribution in [0, 0.1) is 0 Å². The van der Waals surface area contributed by atoms with Crippen LogP contribution < -0.4 is 10.2 Å². The van der Waals surface area contributed by atoms with Gasteiger partial charge < -0.3 is 20.0 Å². The molecule has 8 nitrogen and oxygen atoms in total. The highest BCUT2D eigenvalue weighted by Crippen LogP contribution is 2.23. The lowest BCUT2D eigenvalue weighted by Gasteiger charge is -2.36. The molecule has 2 fully saturated rings. The summed E-state index contributed by atoms with van der Waals surface area (Å²) < 4.78 is 0. The number of urea groups is 1. The number of nitrogens with one attached hydrogen (secondary N) is 1. The molecular weight excluding hydrogens is 344 g/mol.